The molecular formula is C20H31N3O2. The third-order valence-electron chi connectivity index (χ3n) is 5.48. The monoisotopic (exact) mass is 345 g/mol. The molecule has 2 aliphatic rings. The van der Waals surface area contributed by atoms with E-state index in [1.165, 1.54) is 24.8 Å². The third kappa shape index (κ3) is 4.81. The first-order valence-electron chi connectivity index (χ1n) is 9.38. The second kappa shape index (κ2) is 8.30. The Kier molecular flexibility index (Phi) is 6.10. The molecule has 1 amide bonds. The van der Waals surface area contributed by atoms with Crippen molar-refractivity contribution < 1.29 is 9.53 Å². The molecule has 1 saturated carbocycles. The predicted molar refractivity (Wildman–Crippen MR) is 99.7 cm³/mol. The number of amides is 1. The van der Waals surface area contributed by atoms with Gasteiger partial charge in [0.05, 0.1) is 19.3 Å². The van der Waals surface area contributed by atoms with E-state index in [2.05, 4.69) is 59.5 Å². The first-order chi connectivity index (χ1) is 12.1. The number of ether oxygens (including phenoxy) is 1. The molecular weight excluding hydrogens is 314 g/mol. The Morgan fingerprint density at radius 1 is 1.32 bits per heavy atom. The minimum atomic E-state index is 0.132. The van der Waals surface area contributed by atoms with E-state index >= 15 is 0 Å². The topological polar surface area (TPSA) is 44.8 Å². The number of nitrogens with one attached hydrogen (secondary N) is 1. The van der Waals surface area contributed by atoms with Gasteiger partial charge >= 0.3 is 0 Å². The highest BCUT2D eigenvalue weighted by Gasteiger charge is 2.38. The van der Waals surface area contributed by atoms with Crippen LogP contribution in [0.3, 0.4) is 0 Å². The van der Waals surface area contributed by atoms with Crippen LogP contribution < -0.4 is 5.32 Å². The van der Waals surface area contributed by atoms with Gasteiger partial charge in [-0.15, -0.1) is 0 Å². The van der Waals surface area contributed by atoms with E-state index in [0.29, 0.717) is 13.2 Å². The summed E-state index contributed by atoms with van der Waals surface area (Å²) >= 11 is 0. The molecule has 3 rings (SSSR count). The SMILES string of the molecule is CN(C)C[C@H]1CN(CC(=O)NCC2(c3ccccc3)CCC2)CCO1. The Balaban J connectivity index is 1.48. The summed E-state index contributed by atoms with van der Waals surface area (Å²) in [6, 6.07) is 10.6. The quantitative estimate of drug-likeness (QED) is 0.813. The molecule has 1 aromatic rings. The summed E-state index contributed by atoms with van der Waals surface area (Å²) < 4.78 is 5.78. The Morgan fingerprint density at radius 2 is 2.08 bits per heavy atom. The lowest BCUT2D eigenvalue weighted by molar-refractivity contribution is -0.124. The maximum atomic E-state index is 12.5. The number of carbonyl (C=O) groups is 1. The van der Waals surface area contributed by atoms with Crippen LogP contribution in [0.2, 0.25) is 0 Å². The number of hydrogen-bond donors (Lipinski definition) is 1. The normalized spacial score (nSPS) is 23.2. The maximum absolute atomic E-state index is 12.5. The molecule has 5 heteroatoms. The minimum absolute atomic E-state index is 0.132. The van der Waals surface area contributed by atoms with Crippen molar-refractivity contribution >= 4 is 5.91 Å². The number of morpholine rings is 1. The minimum Gasteiger partial charge on any atom is -0.374 e. The number of nitrogens with zero attached hydrogens (tertiary/aromatic N) is 2. The average molecular weight is 345 g/mol. The zero-order valence-electron chi connectivity index (χ0n) is 15.5. The van der Waals surface area contributed by atoms with Crippen molar-refractivity contribution in [3.05, 3.63) is 35.9 Å². The first-order valence-corrected chi connectivity index (χ1v) is 9.38. The molecule has 138 valence electrons. The van der Waals surface area contributed by atoms with Crippen LogP contribution >= 0.6 is 0 Å². The van der Waals surface area contributed by atoms with Gasteiger partial charge in [0.1, 0.15) is 0 Å². The highest BCUT2D eigenvalue weighted by atomic mass is 16.5. The molecule has 1 aliphatic carbocycles. The van der Waals surface area contributed by atoms with Crippen molar-refractivity contribution in [1.29, 1.82) is 0 Å². The molecule has 0 unspecified atom stereocenters. The lowest BCUT2D eigenvalue weighted by Gasteiger charge is -2.43. The molecule has 1 aromatic carbocycles. The van der Waals surface area contributed by atoms with Gasteiger partial charge in [-0.2, -0.15) is 0 Å². The van der Waals surface area contributed by atoms with E-state index < -0.39 is 0 Å². The molecule has 0 radical (unpaired) electrons. The van der Waals surface area contributed by atoms with E-state index in [4.69, 9.17) is 4.74 Å². The Bertz CT molecular complexity index is 557. The summed E-state index contributed by atoms with van der Waals surface area (Å²) in [7, 11) is 4.10. The van der Waals surface area contributed by atoms with Gasteiger partial charge in [-0.1, -0.05) is 36.8 Å². The van der Waals surface area contributed by atoms with Gasteiger partial charge in [0, 0.05) is 31.6 Å². The number of likely N-dealkylation sites (N-methyl/N-ethyl adjacent to an activating group) is 1. The van der Waals surface area contributed by atoms with E-state index in [1.807, 2.05) is 0 Å². The van der Waals surface area contributed by atoms with Crippen molar-refractivity contribution in [3.8, 4) is 0 Å². The smallest absolute Gasteiger partial charge is 0.234 e. The molecule has 1 aliphatic heterocycles. The van der Waals surface area contributed by atoms with E-state index in [0.717, 1.165) is 26.2 Å². The molecule has 2 fully saturated rings. The largest absolute Gasteiger partial charge is 0.374 e. The fourth-order valence-electron chi connectivity index (χ4n) is 3.93. The molecule has 5 nitrogen and oxygen atoms in total. The summed E-state index contributed by atoms with van der Waals surface area (Å²) in [6.07, 6.45) is 3.78. The van der Waals surface area contributed by atoms with Gasteiger partial charge in [0.25, 0.3) is 0 Å². The van der Waals surface area contributed by atoms with Gasteiger partial charge in [0.2, 0.25) is 5.91 Å². The summed E-state index contributed by atoms with van der Waals surface area (Å²) in [5.74, 6) is 0.132. The fourth-order valence-corrected chi connectivity index (χ4v) is 3.93. The molecule has 0 aromatic heterocycles. The maximum Gasteiger partial charge on any atom is 0.234 e. The van der Waals surface area contributed by atoms with Gasteiger partial charge in [0.15, 0.2) is 0 Å². The van der Waals surface area contributed by atoms with Crippen molar-refractivity contribution in [2.75, 3.05) is 53.4 Å². The molecule has 1 N–H and O–H groups in total. The van der Waals surface area contributed by atoms with Gasteiger partial charge < -0.3 is 15.0 Å². The third-order valence-corrected chi connectivity index (χ3v) is 5.48. The Hall–Kier alpha value is -1.43. The zero-order chi connectivity index (χ0) is 17.7. The first kappa shape index (κ1) is 18.4. The van der Waals surface area contributed by atoms with E-state index in [1.54, 1.807) is 0 Å². The van der Waals surface area contributed by atoms with Crippen molar-refractivity contribution in [1.82, 2.24) is 15.1 Å². The lowest BCUT2D eigenvalue weighted by atomic mass is 9.64. The highest BCUT2D eigenvalue weighted by molar-refractivity contribution is 5.78. The van der Waals surface area contributed by atoms with Crippen molar-refractivity contribution in [2.24, 2.45) is 0 Å². The number of benzene rings is 1. The number of rotatable bonds is 7. The summed E-state index contributed by atoms with van der Waals surface area (Å²) in [5.41, 5.74) is 1.51. The molecule has 25 heavy (non-hydrogen) atoms. The summed E-state index contributed by atoms with van der Waals surface area (Å²) in [5, 5.41) is 3.19. The Labute approximate surface area is 151 Å². The van der Waals surface area contributed by atoms with Crippen LogP contribution in [0, 0.1) is 0 Å². The molecule has 1 saturated heterocycles. The van der Waals surface area contributed by atoms with Crippen LogP contribution in [0.1, 0.15) is 24.8 Å². The highest BCUT2D eigenvalue weighted by Crippen LogP contribution is 2.43. The molecule has 0 spiro atoms. The van der Waals surface area contributed by atoms with Crippen LogP contribution in [-0.2, 0) is 14.9 Å². The predicted octanol–water partition coefficient (Wildman–Crippen LogP) is 1.49. The van der Waals surface area contributed by atoms with Gasteiger partial charge in [-0.05, 0) is 32.5 Å². The van der Waals surface area contributed by atoms with Gasteiger partial charge in [-0.3, -0.25) is 9.69 Å². The molecule has 1 atom stereocenters. The fraction of sp³-hybridized carbons (Fsp3) is 0.650. The second-order valence-corrected chi connectivity index (χ2v) is 7.77. The zero-order valence-corrected chi connectivity index (χ0v) is 15.5. The van der Waals surface area contributed by atoms with E-state index in [9.17, 15) is 4.79 Å². The van der Waals surface area contributed by atoms with Crippen molar-refractivity contribution in [3.63, 3.8) is 0 Å². The number of carbonyl (C=O) groups excluding carboxylic acids is 1. The molecule has 1 heterocycles. The Morgan fingerprint density at radius 3 is 2.72 bits per heavy atom. The van der Waals surface area contributed by atoms with Crippen molar-refractivity contribution in [2.45, 2.75) is 30.8 Å². The number of hydrogen-bond acceptors (Lipinski definition) is 4. The van der Waals surface area contributed by atoms with E-state index in [-0.39, 0.29) is 17.4 Å². The van der Waals surface area contributed by atoms with Crippen LogP contribution in [0.15, 0.2) is 30.3 Å². The lowest BCUT2D eigenvalue weighted by Crippen LogP contribution is -2.51. The van der Waals surface area contributed by atoms with Crippen LogP contribution in [0.5, 0.6) is 0 Å². The summed E-state index contributed by atoms with van der Waals surface area (Å²) in [6.45, 7) is 4.49. The molecule has 0 bridgehead atoms. The van der Waals surface area contributed by atoms with Crippen LogP contribution in [-0.4, -0.2) is 75.2 Å². The van der Waals surface area contributed by atoms with Crippen LogP contribution in [0.25, 0.3) is 0 Å². The average Bonchev–Trinajstić information content (AvgIpc) is 2.54. The second-order valence-electron chi connectivity index (χ2n) is 7.77. The van der Waals surface area contributed by atoms with Crippen LogP contribution in [0.4, 0.5) is 0 Å². The van der Waals surface area contributed by atoms with Gasteiger partial charge in [-0.25, -0.2) is 0 Å². The standard InChI is InChI=1S/C20H31N3O2/c1-22(2)13-18-14-23(11-12-25-18)15-19(24)21-16-20(9-6-10-20)17-7-4-3-5-8-17/h3-5,7-8,18H,6,9-16H2,1-2H3,(H,21,24)/t18-/m0/s1. The summed E-state index contributed by atoms with van der Waals surface area (Å²) in [4.78, 5) is 16.8.